The first-order valence-electron chi connectivity index (χ1n) is 8.11. The van der Waals surface area contributed by atoms with Gasteiger partial charge in [-0.1, -0.05) is 60.7 Å². The normalized spacial score (nSPS) is 11.4. The van der Waals surface area contributed by atoms with Crippen molar-refractivity contribution in [3.63, 3.8) is 0 Å². The Balaban J connectivity index is 1.90. The van der Waals surface area contributed by atoms with Gasteiger partial charge in [-0.15, -0.1) is 0 Å². The number of hydrogen-bond acceptors (Lipinski definition) is 6. The summed E-state index contributed by atoms with van der Waals surface area (Å²) in [4.78, 5) is 10.5. The van der Waals surface area contributed by atoms with Crippen LogP contribution in [-0.4, -0.2) is 30.8 Å². The molecule has 140 valence electrons. The van der Waals surface area contributed by atoms with E-state index in [4.69, 9.17) is 18.7 Å². The highest BCUT2D eigenvalue weighted by Gasteiger charge is 2.27. The molecular formula is C18H22NO6P. The topological polar surface area (TPSA) is 94.1 Å². The molecule has 0 atom stereocenters. The summed E-state index contributed by atoms with van der Waals surface area (Å²) in [5.74, 6) is -0.978. The van der Waals surface area contributed by atoms with E-state index in [1.807, 2.05) is 60.7 Å². The smallest absolute Gasteiger partial charge is 0.475 e. The van der Waals surface area contributed by atoms with Crippen LogP contribution < -0.4 is 5.32 Å². The number of rotatable bonds is 12. The lowest BCUT2D eigenvalue weighted by Gasteiger charge is -2.18. The molecule has 2 N–H and O–H groups in total. The highest BCUT2D eigenvalue weighted by molar-refractivity contribution is 7.48. The first kappa shape index (κ1) is 20.3. The van der Waals surface area contributed by atoms with E-state index in [0.717, 1.165) is 11.1 Å². The molecule has 2 rings (SSSR count). The second-order valence-electron chi connectivity index (χ2n) is 5.37. The van der Waals surface area contributed by atoms with E-state index < -0.39 is 13.8 Å². The number of carboxylic acids is 1. The van der Waals surface area contributed by atoms with Crippen molar-refractivity contribution in [3.05, 3.63) is 71.8 Å². The molecule has 0 saturated heterocycles. The zero-order chi connectivity index (χ0) is 18.7. The molecule has 0 unspecified atom stereocenters. The van der Waals surface area contributed by atoms with Gasteiger partial charge in [0.15, 0.2) is 0 Å². The number of aliphatic carboxylic acids is 1. The highest BCUT2D eigenvalue weighted by atomic mass is 31.2. The molecule has 8 heteroatoms. The Morgan fingerprint density at radius 3 is 1.85 bits per heavy atom. The van der Waals surface area contributed by atoms with Gasteiger partial charge in [0.05, 0.1) is 26.4 Å². The zero-order valence-corrected chi connectivity index (χ0v) is 15.1. The Hall–Kier alpha value is -2.02. The second-order valence-corrected chi connectivity index (χ2v) is 7.04. The minimum Gasteiger partial charge on any atom is -0.480 e. The molecular weight excluding hydrogens is 357 g/mol. The van der Waals surface area contributed by atoms with Gasteiger partial charge >= 0.3 is 13.8 Å². The van der Waals surface area contributed by atoms with Gasteiger partial charge in [-0.05, 0) is 11.1 Å². The van der Waals surface area contributed by atoms with Crippen LogP contribution in [-0.2, 0) is 36.1 Å². The maximum absolute atomic E-state index is 12.8. The van der Waals surface area contributed by atoms with Crippen LogP contribution >= 0.6 is 7.82 Å². The fourth-order valence-electron chi connectivity index (χ4n) is 1.99. The predicted molar refractivity (Wildman–Crippen MR) is 96.5 cm³/mol. The Bertz CT molecular complexity index is 663. The first-order chi connectivity index (χ1) is 12.6. The molecule has 0 spiro atoms. The summed E-state index contributed by atoms with van der Waals surface area (Å²) < 4.78 is 29.0. The number of carboxylic acid groups (broad SMARTS) is 1. The van der Waals surface area contributed by atoms with Gasteiger partial charge in [0, 0.05) is 6.54 Å². The van der Waals surface area contributed by atoms with Crippen LogP contribution in [0.4, 0.5) is 0 Å². The highest BCUT2D eigenvalue weighted by Crippen LogP contribution is 2.50. The van der Waals surface area contributed by atoms with E-state index in [1.165, 1.54) is 0 Å². The number of carbonyl (C=O) groups is 1. The van der Waals surface area contributed by atoms with E-state index in [9.17, 15) is 9.36 Å². The van der Waals surface area contributed by atoms with Crippen molar-refractivity contribution in [1.82, 2.24) is 5.32 Å². The maximum Gasteiger partial charge on any atom is 0.475 e. The maximum atomic E-state index is 12.8. The third-order valence-corrected chi connectivity index (χ3v) is 4.66. The molecule has 0 bridgehead atoms. The van der Waals surface area contributed by atoms with Crippen molar-refractivity contribution in [2.45, 2.75) is 13.2 Å². The first-order valence-corrected chi connectivity index (χ1v) is 9.57. The largest absolute Gasteiger partial charge is 0.480 e. The second kappa shape index (κ2) is 10.9. The Kier molecular flexibility index (Phi) is 8.47. The monoisotopic (exact) mass is 379 g/mol. The minimum absolute atomic E-state index is 0.00582. The molecule has 7 nitrogen and oxygen atoms in total. The van der Waals surface area contributed by atoms with E-state index in [1.54, 1.807) is 0 Å². The summed E-state index contributed by atoms with van der Waals surface area (Å²) in [6, 6.07) is 18.5. The molecule has 0 aliphatic heterocycles. The van der Waals surface area contributed by atoms with Gasteiger partial charge < -0.3 is 10.4 Å². The molecule has 0 saturated carbocycles. The summed E-state index contributed by atoms with van der Waals surface area (Å²) >= 11 is 0. The van der Waals surface area contributed by atoms with Crippen LogP contribution in [0.25, 0.3) is 0 Å². The van der Waals surface area contributed by atoms with Crippen molar-refractivity contribution in [1.29, 1.82) is 0 Å². The lowest BCUT2D eigenvalue weighted by molar-refractivity contribution is -0.135. The van der Waals surface area contributed by atoms with E-state index in [-0.39, 0.29) is 32.9 Å². The van der Waals surface area contributed by atoms with Gasteiger partial charge in [-0.3, -0.25) is 18.4 Å². The van der Waals surface area contributed by atoms with Crippen molar-refractivity contribution in [2.24, 2.45) is 0 Å². The number of phosphoric ester groups is 1. The summed E-state index contributed by atoms with van der Waals surface area (Å²) in [6.07, 6.45) is 0. The van der Waals surface area contributed by atoms with Gasteiger partial charge in [0.2, 0.25) is 0 Å². The molecule has 0 amide bonds. The van der Waals surface area contributed by atoms with E-state index >= 15 is 0 Å². The third-order valence-electron chi connectivity index (χ3n) is 3.27. The molecule has 0 radical (unpaired) electrons. The Morgan fingerprint density at radius 1 is 0.885 bits per heavy atom. The van der Waals surface area contributed by atoms with Crippen LogP contribution in [0.1, 0.15) is 11.1 Å². The molecule has 0 fully saturated rings. The average Bonchev–Trinajstić information content (AvgIpc) is 2.66. The summed E-state index contributed by atoms with van der Waals surface area (Å²) in [7, 11) is -3.80. The zero-order valence-electron chi connectivity index (χ0n) is 14.2. The van der Waals surface area contributed by atoms with Crippen molar-refractivity contribution < 1.29 is 28.0 Å². The molecule has 26 heavy (non-hydrogen) atoms. The standard InChI is InChI=1S/C18H22NO6P/c20-18(21)13-19-11-12-23-26(22,24-14-16-7-3-1-4-8-16)25-15-17-9-5-2-6-10-17/h1-10,19H,11-15H2,(H,20,21). The quantitative estimate of drug-likeness (QED) is 0.432. The van der Waals surface area contributed by atoms with Gasteiger partial charge in [0.25, 0.3) is 0 Å². The molecule has 0 aliphatic carbocycles. The lowest BCUT2D eigenvalue weighted by Crippen LogP contribution is -2.26. The van der Waals surface area contributed by atoms with Gasteiger partial charge in [-0.25, -0.2) is 4.57 Å². The number of nitrogens with one attached hydrogen (secondary N) is 1. The van der Waals surface area contributed by atoms with E-state index in [0.29, 0.717) is 0 Å². The van der Waals surface area contributed by atoms with E-state index in [2.05, 4.69) is 5.32 Å². The van der Waals surface area contributed by atoms with Crippen LogP contribution in [0.2, 0.25) is 0 Å². The fourth-order valence-corrected chi connectivity index (χ4v) is 3.15. The molecule has 0 aromatic heterocycles. The van der Waals surface area contributed by atoms with Crippen LogP contribution in [0.15, 0.2) is 60.7 Å². The fraction of sp³-hybridized carbons (Fsp3) is 0.278. The molecule has 2 aromatic carbocycles. The Labute approximate surface area is 152 Å². The summed E-state index contributed by atoms with van der Waals surface area (Å²) in [5.41, 5.74) is 1.67. The minimum atomic E-state index is -3.80. The summed E-state index contributed by atoms with van der Waals surface area (Å²) in [5, 5.41) is 11.2. The van der Waals surface area contributed by atoms with Crippen LogP contribution in [0, 0.1) is 0 Å². The number of hydrogen-bond donors (Lipinski definition) is 2. The average molecular weight is 379 g/mol. The Morgan fingerprint density at radius 2 is 1.38 bits per heavy atom. The third kappa shape index (κ3) is 7.91. The van der Waals surface area contributed by atoms with Crippen LogP contribution in [0.5, 0.6) is 0 Å². The molecule has 0 aliphatic rings. The summed E-state index contributed by atoms with van der Waals surface area (Å²) in [6.45, 7) is 0.155. The van der Waals surface area contributed by atoms with Gasteiger partial charge in [-0.2, -0.15) is 0 Å². The number of phosphoric acid groups is 1. The number of benzene rings is 2. The van der Waals surface area contributed by atoms with Crippen LogP contribution in [0.3, 0.4) is 0 Å². The van der Waals surface area contributed by atoms with Crippen molar-refractivity contribution in [3.8, 4) is 0 Å². The predicted octanol–water partition coefficient (Wildman–Crippen LogP) is 3.22. The molecule has 2 aromatic rings. The SMILES string of the molecule is O=C(O)CNCCOP(=O)(OCc1ccccc1)OCc1ccccc1. The van der Waals surface area contributed by atoms with Crippen molar-refractivity contribution >= 4 is 13.8 Å². The van der Waals surface area contributed by atoms with Crippen molar-refractivity contribution in [2.75, 3.05) is 19.7 Å². The molecule has 0 heterocycles. The van der Waals surface area contributed by atoms with Gasteiger partial charge in [0.1, 0.15) is 0 Å². The lowest BCUT2D eigenvalue weighted by atomic mass is 10.2.